The Bertz CT molecular complexity index is 416. The summed E-state index contributed by atoms with van der Waals surface area (Å²) in [6, 6.07) is 9.86. The molecule has 4 nitrogen and oxygen atoms in total. The van der Waals surface area contributed by atoms with Crippen LogP contribution in [0.15, 0.2) is 30.3 Å². The average molecular weight is 270 g/mol. The van der Waals surface area contributed by atoms with Gasteiger partial charge in [0.05, 0.1) is 6.61 Å². The van der Waals surface area contributed by atoms with E-state index in [0.29, 0.717) is 12.6 Å². The lowest BCUT2D eigenvalue weighted by atomic mass is 10.1. The standard InChI is InChI=1S/C13H19O4P/c1-2-17-18(16,11-13(14)15)10-6-9-12-7-4-3-5-8-12/h3-5,7-8H,2,6,9-11H2,1H3,(H,14,15). The highest BCUT2D eigenvalue weighted by atomic mass is 31.2. The molecule has 1 aromatic rings. The molecule has 1 rings (SSSR count). The zero-order valence-electron chi connectivity index (χ0n) is 10.5. The predicted molar refractivity (Wildman–Crippen MR) is 71.4 cm³/mol. The van der Waals surface area contributed by atoms with Gasteiger partial charge in [0.15, 0.2) is 0 Å². The molecule has 0 amide bonds. The lowest BCUT2D eigenvalue weighted by molar-refractivity contribution is -0.134. The molecule has 0 aromatic heterocycles. The predicted octanol–water partition coefficient (Wildman–Crippen LogP) is 3.02. The summed E-state index contributed by atoms with van der Waals surface area (Å²) in [5, 5.41) is 8.74. The Morgan fingerprint density at radius 1 is 1.33 bits per heavy atom. The van der Waals surface area contributed by atoms with Crippen molar-refractivity contribution in [2.45, 2.75) is 19.8 Å². The number of carboxylic acids is 1. The highest BCUT2D eigenvalue weighted by Gasteiger charge is 2.25. The van der Waals surface area contributed by atoms with Crippen LogP contribution in [0.25, 0.3) is 0 Å². The maximum atomic E-state index is 12.2. The van der Waals surface area contributed by atoms with Gasteiger partial charge in [0.2, 0.25) is 7.37 Å². The second-order valence-electron chi connectivity index (χ2n) is 4.10. The van der Waals surface area contributed by atoms with Gasteiger partial charge in [0, 0.05) is 6.16 Å². The number of hydrogen-bond acceptors (Lipinski definition) is 3. The van der Waals surface area contributed by atoms with E-state index in [1.165, 1.54) is 0 Å². The van der Waals surface area contributed by atoms with Crippen molar-refractivity contribution >= 4 is 13.3 Å². The van der Waals surface area contributed by atoms with Crippen LogP contribution in [0.5, 0.6) is 0 Å². The van der Waals surface area contributed by atoms with Crippen LogP contribution in [-0.4, -0.2) is 30.0 Å². The van der Waals surface area contributed by atoms with Gasteiger partial charge in [-0.05, 0) is 25.3 Å². The molecular weight excluding hydrogens is 251 g/mol. The van der Waals surface area contributed by atoms with Gasteiger partial charge >= 0.3 is 5.97 Å². The van der Waals surface area contributed by atoms with E-state index in [2.05, 4.69) is 0 Å². The Morgan fingerprint density at radius 3 is 2.56 bits per heavy atom. The Kier molecular flexibility index (Phi) is 6.10. The molecule has 0 bridgehead atoms. The quantitative estimate of drug-likeness (QED) is 0.737. The van der Waals surface area contributed by atoms with Gasteiger partial charge in [-0.1, -0.05) is 30.3 Å². The van der Waals surface area contributed by atoms with Crippen molar-refractivity contribution in [3.05, 3.63) is 35.9 Å². The van der Waals surface area contributed by atoms with Crippen LogP contribution in [0.1, 0.15) is 18.9 Å². The van der Waals surface area contributed by atoms with Crippen LogP contribution >= 0.6 is 7.37 Å². The summed E-state index contributed by atoms with van der Waals surface area (Å²) in [6.45, 7) is 2.02. The number of benzene rings is 1. The highest BCUT2D eigenvalue weighted by molar-refractivity contribution is 7.59. The molecule has 5 heteroatoms. The SMILES string of the molecule is CCOP(=O)(CCCc1ccccc1)CC(=O)O. The zero-order valence-corrected chi connectivity index (χ0v) is 11.4. The molecule has 0 saturated carbocycles. The van der Waals surface area contributed by atoms with Gasteiger partial charge in [-0.2, -0.15) is 0 Å². The number of carboxylic acid groups (broad SMARTS) is 1. The molecule has 100 valence electrons. The third-order valence-corrected chi connectivity index (χ3v) is 5.03. The summed E-state index contributed by atoms with van der Waals surface area (Å²) in [7, 11) is -3.01. The zero-order chi connectivity index (χ0) is 13.4. The first kappa shape index (κ1) is 14.9. The molecule has 0 aliphatic carbocycles. The minimum Gasteiger partial charge on any atom is -0.481 e. The van der Waals surface area contributed by atoms with Crippen molar-refractivity contribution in [3.63, 3.8) is 0 Å². The summed E-state index contributed by atoms with van der Waals surface area (Å²) < 4.78 is 17.4. The van der Waals surface area contributed by atoms with Crippen molar-refractivity contribution < 1.29 is 19.0 Å². The molecular formula is C13H19O4P. The minimum absolute atomic E-state index is 0.288. The van der Waals surface area contributed by atoms with E-state index in [4.69, 9.17) is 9.63 Å². The normalized spacial score (nSPS) is 14.1. The lowest BCUT2D eigenvalue weighted by Gasteiger charge is -2.15. The van der Waals surface area contributed by atoms with Crippen LogP contribution in [-0.2, 0) is 20.3 Å². The molecule has 0 aliphatic rings. The van der Waals surface area contributed by atoms with Crippen molar-refractivity contribution in [1.29, 1.82) is 0 Å². The van der Waals surface area contributed by atoms with E-state index in [1.807, 2.05) is 30.3 Å². The van der Waals surface area contributed by atoms with Crippen molar-refractivity contribution in [2.24, 2.45) is 0 Å². The van der Waals surface area contributed by atoms with Gasteiger partial charge in [0.1, 0.15) is 6.16 Å². The second kappa shape index (κ2) is 7.34. The monoisotopic (exact) mass is 270 g/mol. The molecule has 0 fully saturated rings. The van der Waals surface area contributed by atoms with Crippen LogP contribution in [0.3, 0.4) is 0 Å². The number of rotatable bonds is 8. The second-order valence-corrected chi connectivity index (χ2v) is 6.75. The molecule has 18 heavy (non-hydrogen) atoms. The Labute approximate surface area is 107 Å². The number of aliphatic carboxylic acids is 1. The molecule has 0 aliphatic heterocycles. The van der Waals surface area contributed by atoms with E-state index < -0.39 is 13.3 Å². The van der Waals surface area contributed by atoms with Gasteiger partial charge < -0.3 is 9.63 Å². The molecule has 1 N–H and O–H groups in total. The Hall–Kier alpha value is -1.12. The maximum absolute atomic E-state index is 12.2. The maximum Gasteiger partial charge on any atom is 0.313 e. The number of carbonyl (C=O) groups is 1. The lowest BCUT2D eigenvalue weighted by Crippen LogP contribution is -2.09. The highest BCUT2D eigenvalue weighted by Crippen LogP contribution is 2.47. The molecule has 0 spiro atoms. The molecule has 0 radical (unpaired) electrons. The first-order valence-corrected chi connectivity index (χ1v) is 8.03. The van der Waals surface area contributed by atoms with Crippen LogP contribution in [0.4, 0.5) is 0 Å². The Morgan fingerprint density at radius 2 is 2.00 bits per heavy atom. The van der Waals surface area contributed by atoms with E-state index in [1.54, 1.807) is 6.92 Å². The van der Waals surface area contributed by atoms with Gasteiger partial charge in [-0.25, -0.2) is 0 Å². The third kappa shape index (κ3) is 5.48. The van der Waals surface area contributed by atoms with Crippen LogP contribution < -0.4 is 0 Å². The Balaban J connectivity index is 2.47. The molecule has 0 heterocycles. The molecule has 1 atom stereocenters. The topological polar surface area (TPSA) is 63.6 Å². The number of hydrogen-bond donors (Lipinski definition) is 1. The fourth-order valence-corrected chi connectivity index (χ4v) is 3.70. The van der Waals surface area contributed by atoms with E-state index in [-0.39, 0.29) is 12.8 Å². The molecule has 1 aromatic carbocycles. The van der Waals surface area contributed by atoms with Crippen LogP contribution in [0, 0.1) is 0 Å². The van der Waals surface area contributed by atoms with Crippen molar-refractivity contribution in [2.75, 3.05) is 18.9 Å². The molecule has 0 saturated heterocycles. The summed E-state index contributed by atoms with van der Waals surface area (Å²) >= 11 is 0. The van der Waals surface area contributed by atoms with Crippen molar-refractivity contribution in [1.82, 2.24) is 0 Å². The summed E-state index contributed by atoms with van der Waals surface area (Å²) in [5.41, 5.74) is 1.16. The minimum atomic E-state index is -3.01. The fraction of sp³-hybridized carbons (Fsp3) is 0.462. The number of aryl methyl sites for hydroxylation is 1. The van der Waals surface area contributed by atoms with Crippen LogP contribution in [0.2, 0.25) is 0 Å². The average Bonchev–Trinajstić information content (AvgIpc) is 2.29. The fourth-order valence-electron chi connectivity index (χ4n) is 1.80. The van der Waals surface area contributed by atoms with Gasteiger partial charge in [-0.15, -0.1) is 0 Å². The van der Waals surface area contributed by atoms with E-state index >= 15 is 0 Å². The van der Waals surface area contributed by atoms with Gasteiger partial charge in [0.25, 0.3) is 0 Å². The largest absolute Gasteiger partial charge is 0.481 e. The van der Waals surface area contributed by atoms with E-state index in [9.17, 15) is 9.36 Å². The third-order valence-electron chi connectivity index (χ3n) is 2.55. The van der Waals surface area contributed by atoms with E-state index in [0.717, 1.165) is 12.0 Å². The summed E-state index contributed by atoms with van der Waals surface area (Å²) in [5.74, 6) is -1.06. The smallest absolute Gasteiger partial charge is 0.313 e. The van der Waals surface area contributed by atoms with Crippen molar-refractivity contribution in [3.8, 4) is 0 Å². The molecule has 1 unspecified atom stereocenters. The summed E-state index contributed by atoms with van der Waals surface area (Å²) in [6.07, 6.45) is 1.41. The first-order valence-electron chi connectivity index (χ1n) is 6.04. The van der Waals surface area contributed by atoms with Gasteiger partial charge in [-0.3, -0.25) is 9.36 Å². The summed E-state index contributed by atoms with van der Waals surface area (Å²) in [4.78, 5) is 10.7. The first-order chi connectivity index (χ1) is 8.56.